The van der Waals surface area contributed by atoms with Crippen LogP contribution in [0.5, 0.6) is 0 Å². The number of amides is 2. The summed E-state index contributed by atoms with van der Waals surface area (Å²) in [7, 11) is 2.06. The number of aromatic nitrogens is 1. The van der Waals surface area contributed by atoms with E-state index in [-0.39, 0.29) is 11.8 Å². The second-order valence-corrected chi connectivity index (χ2v) is 6.71. The third-order valence-electron chi connectivity index (χ3n) is 4.87. The Morgan fingerprint density at radius 3 is 1.83 bits per heavy atom. The molecule has 6 heteroatoms. The zero-order chi connectivity index (χ0) is 16.9. The SMILES string of the molecule is CN1CCN(C(=O)c2cccc(C(=O)N3CCCCCC3)n2)CC1. The van der Waals surface area contributed by atoms with Gasteiger partial charge in [-0.05, 0) is 32.0 Å². The van der Waals surface area contributed by atoms with E-state index in [2.05, 4.69) is 16.9 Å². The highest BCUT2D eigenvalue weighted by atomic mass is 16.2. The summed E-state index contributed by atoms with van der Waals surface area (Å²) in [5.41, 5.74) is 0.761. The maximum atomic E-state index is 12.7. The van der Waals surface area contributed by atoms with Crippen LogP contribution in [-0.4, -0.2) is 77.8 Å². The van der Waals surface area contributed by atoms with Crippen LogP contribution in [0.25, 0.3) is 0 Å². The molecule has 3 rings (SSSR count). The van der Waals surface area contributed by atoms with Gasteiger partial charge in [0.05, 0.1) is 0 Å². The van der Waals surface area contributed by atoms with Crippen LogP contribution < -0.4 is 0 Å². The predicted molar refractivity (Wildman–Crippen MR) is 92.0 cm³/mol. The molecular weight excluding hydrogens is 304 g/mol. The maximum absolute atomic E-state index is 12.7. The fourth-order valence-electron chi connectivity index (χ4n) is 3.28. The van der Waals surface area contributed by atoms with Crippen molar-refractivity contribution >= 4 is 11.8 Å². The summed E-state index contributed by atoms with van der Waals surface area (Å²) in [6, 6.07) is 5.19. The Labute approximate surface area is 143 Å². The Hall–Kier alpha value is -1.95. The van der Waals surface area contributed by atoms with Gasteiger partial charge in [0.2, 0.25) is 0 Å². The summed E-state index contributed by atoms with van der Waals surface area (Å²) in [5, 5.41) is 0. The van der Waals surface area contributed by atoms with Crippen molar-refractivity contribution in [2.75, 3.05) is 46.3 Å². The molecule has 2 fully saturated rings. The van der Waals surface area contributed by atoms with Gasteiger partial charge in [-0.25, -0.2) is 4.98 Å². The van der Waals surface area contributed by atoms with Crippen molar-refractivity contribution < 1.29 is 9.59 Å². The third kappa shape index (κ3) is 3.93. The number of hydrogen-bond donors (Lipinski definition) is 0. The van der Waals surface area contributed by atoms with Gasteiger partial charge in [-0.3, -0.25) is 9.59 Å². The van der Waals surface area contributed by atoms with Gasteiger partial charge in [0.15, 0.2) is 0 Å². The fourth-order valence-corrected chi connectivity index (χ4v) is 3.28. The van der Waals surface area contributed by atoms with Gasteiger partial charge in [-0.1, -0.05) is 18.9 Å². The number of likely N-dealkylation sites (N-methyl/N-ethyl adjacent to an activating group) is 1. The molecule has 0 spiro atoms. The molecule has 0 bridgehead atoms. The van der Waals surface area contributed by atoms with Crippen molar-refractivity contribution in [3.8, 4) is 0 Å². The molecule has 2 aliphatic heterocycles. The van der Waals surface area contributed by atoms with Gasteiger partial charge < -0.3 is 14.7 Å². The Bertz CT molecular complexity index is 588. The van der Waals surface area contributed by atoms with Crippen LogP contribution in [0, 0.1) is 0 Å². The van der Waals surface area contributed by atoms with Crippen molar-refractivity contribution in [3.63, 3.8) is 0 Å². The van der Waals surface area contributed by atoms with E-state index in [4.69, 9.17) is 0 Å². The van der Waals surface area contributed by atoms with E-state index >= 15 is 0 Å². The van der Waals surface area contributed by atoms with Gasteiger partial charge in [-0.2, -0.15) is 0 Å². The third-order valence-corrected chi connectivity index (χ3v) is 4.87. The van der Waals surface area contributed by atoms with Crippen molar-refractivity contribution in [2.24, 2.45) is 0 Å². The number of pyridine rings is 1. The summed E-state index contributed by atoms with van der Waals surface area (Å²) < 4.78 is 0. The molecule has 1 aromatic rings. The fraction of sp³-hybridized carbons (Fsp3) is 0.611. The average Bonchev–Trinajstić information content (AvgIpc) is 2.90. The molecular formula is C18H26N4O2. The van der Waals surface area contributed by atoms with Gasteiger partial charge in [0.25, 0.3) is 11.8 Å². The van der Waals surface area contributed by atoms with Gasteiger partial charge in [-0.15, -0.1) is 0 Å². The lowest BCUT2D eigenvalue weighted by molar-refractivity contribution is 0.0657. The van der Waals surface area contributed by atoms with Crippen LogP contribution in [-0.2, 0) is 0 Å². The van der Waals surface area contributed by atoms with E-state index < -0.39 is 0 Å². The first-order valence-electron chi connectivity index (χ1n) is 8.89. The first-order chi connectivity index (χ1) is 11.6. The molecule has 0 unspecified atom stereocenters. The standard InChI is InChI=1S/C18H26N4O2/c1-20-11-13-22(14-12-20)18(24)16-8-6-7-15(19-16)17(23)21-9-4-2-3-5-10-21/h6-8H,2-5,9-14H2,1H3. The lowest BCUT2D eigenvalue weighted by Gasteiger charge is -2.32. The second kappa shape index (κ2) is 7.75. The topological polar surface area (TPSA) is 56.8 Å². The normalized spacial score (nSPS) is 19.9. The summed E-state index contributed by atoms with van der Waals surface area (Å²) in [6.07, 6.45) is 4.45. The molecule has 0 radical (unpaired) electrons. The predicted octanol–water partition coefficient (Wildman–Crippen LogP) is 1.49. The smallest absolute Gasteiger partial charge is 0.272 e. The highest BCUT2D eigenvalue weighted by Crippen LogP contribution is 2.13. The van der Waals surface area contributed by atoms with Crippen LogP contribution in [0.3, 0.4) is 0 Å². The van der Waals surface area contributed by atoms with E-state index in [0.717, 1.165) is 39.0 Å². The lowest BCUT2D eigenvalue weighted by Crippen LogP contribution is -2.47. The number of carbonyl (C=O) groups excluding carboxylic acids is 2. The summed E-state index contributed by atoms with van der Waals surface area (Å²) in [5.74, 6) is -0.126. The minimum atomic E-state index is -0.0754. The molecule has 2 saturated heterocycles. The maximum Gasteiger partial charge on any atom is 0.272 e. The zero-order valence-corrected chi connectivity index (χ0v) is 14.4. The number of nitrogens with zero attached hydrogens (tertiary/aromatic N) is 4. The zero-order valence-electron chi connectivity index (χ0n) is 14.4. The minimum Gasteiger partial charge on any atom is -0.337 e. The number of piperazine rings is 1. The summed E-state index contributed by atoms with van der Waals surface area (Å²) in [4.78, 5) is 35.6. The molecule has 0 aromatic carbocycles. The van der Waals surface area contributed by atoms with Crippen molar-refractivity contribution in [1.82, 2.24) is 19.7 Å². The molecule has 0 saturated carbocycles. The largest absolute Gasteiger partial charge is 0.337 e. The molecule has 2 amide bonds. The van der Waals surface area contributed by atoms with Crippen LogP contribution in [0.15, 0.2) is 18.2 Å². The Morgan fingerprint density at radius 1 is 0.792 bits per heavy atom. The number of rotatable bonds is 2. The van der Waals surface area contributed by atoms with E-state index in [9.17, 15) is 9.59 Å². The first-order valence-corrected chi connectivity index (χ1v) is 8.89. The van der Waals surface area contributed by atoms with Gasteiger partial charge >= 0.3 is 0 Å². The molecule has 0 aliphatic carbocycles. The second-order valence-electron chi connectivity index (χ2n) is 6.71. The highest BCUT2D eigenvalue weighted by Gasteiger charge is 2.23. The minimum absolute atomic E-state index is 0.0510. The monoisotopic (exact) mass is 330 g/mol. The number of carbonyl (C=O) groups is 2. The van der Waals surface area contributed by atoms with E-state index in [0.29, 0.717) is 24.5 Å². The number of likely N-dealkylation sites (tertiary alicyclic amines) is 1. The summed E-state index contributed by atoms with van der Waals surface area (Å²) >= 11 is 0. The molecule has 130 valence electrons. The summed E-state index contributed by atoms with van der Waals surface area (Å²) in [6.45, 7) is 4.74. The first kappa shape index (κ1) is 16.9. The Balaban J connectivity index is 1.71. The lowest BCUT2D eigenvalue weighted by atomic mass is 10.2. The van der Waals surface area contributed by atoms with Crippen molar-refractivity contribution in [3.05, 3.63) is 29.6 Å². The average molecular weight is 330 g/mol. The molecule has 24 heavy (non-hydrogen) atoms. The molecule has 2 aliphatic rings. The van der Waals surface area contributed by atoms with E-state index in [1.807, 2.05) is 9.80 Å². The van der Waals surface area contributed by atoms with Crippen LogP contribution in [0.1, 0.15) is 46.7 Å². The highest BCUT2D eigenvalue weighted by molar-refractivity contribution is 5.96. The van der Waals surface area contributed by atoms with E-state index in [1.54, 1.807) is 18.2 Å². The Kier molecular flexibility index (Phi) is 5.45. The Morgan fingerprint density at radius 2 is 1.29 bits per heavy atom. The van der Waals surface area contributed by atoms with Crippen LogP contribution >= 0.6 is 0 Å². The molecule has 6 nitrogen and oxygen atoms in total. The van der Waals surface area contributed by atoms with Crippen LogP contribution in [0.2, 0.25) is 0 Å². The van der Waals surface area contributed by atoms with Gasteiger partial charge in [0.1, 0.15) is 11.4 Å². The molecule has 1 aromatic heterocycles. The molecule has 3 heterocycles. The van der Waals surface area contributed by atoms with Gasteiger partial charge in [0, 0.05) is 39.3 Å². The molecule has 0 N–H and O–H groups in total. The number of hydrogen-bond acceptors (Lipinski definition) is 4. The molecule has 0 atom stereocenters. The van der Waals surface area contributed by atoms with Crippen molar-refractivity contribution in [1.29, 1.82) is 0 Å². The van der Waals surface area contributed by atoms with Crippen LogP contribution in [0.4, 0.5) is 0 Å². The quantitative estimate of drug-likeness (QED) is 0.824. The van der Waals surface area contributed by atoms with Crippen molar-refractivity contribution in [2.45, 2.75) is 25.7 Å². The van der Waals surface area contributed by atoms with E-state index in [1.165, 1.54) is 12.8 Å².